The van der Waals surface area contributed by atoms with Gasteiger partial charge in [0.2, 0.25) is 0 Å². The van der Waals surface area contributed by atoms with Crippen LogP contribution in [0.4, 0.5) is 0 Å². The molecule has 1 aromatic carbocycles. The highest BCUT2D eigenvalue weighted by molar-refractivity contribution is 6.30. The van der Waals surface area contributed by atoms with Crippen molar-refractivity contribution in [1.29, 1.82) is 5.26 Å². The third-order valence-corrected chi connectivity index (χ3v) is 2.85. The molecule has 14 heavy (non-hydrogen) atoms. The van der Waals surface area contributed by atoms with Crippen LogP contribution in [0.1, 0.15) is 6.42 Å². The molecule has 2 unspecified atom stereocenters. The van der Waals surface area contributed by atoms with Gasteiger partial charge in [-0.25, -0.2) is 0 Å². The van der Waals surface area contributed by atoms with Crippen LogP contribution < -0.4 is 4.74 Å². The van der Waals surface area contributed by atoms with Gasteiger partial charge in [-0.2, -0.15) is 5.26 Å². The summed E-state index contributed by atoms with van der Waals surface area (Å²) in [5, 5.41) is 8.46. The van der Waals surface area contributed by atoms with Crippen molar-refractivity contribution in [2.75, 3.05) is 0 Å². The van der Waals surface area contributed by atoms with E-state index >= 15 is 0 Å². The lowest BCUT2D eigenvalue weighted by Gasteiger charge is -2.10. The fourth-order valence-electron chi connectivity index (χ4n) is 1.17. The Hall–Kier alpha value is -0.910. The van der Waals surface area contributed by atoms with Crippen molar-refractivity contribution >= 4 is 23.2 Å². The van der Waals surface area contributed by atoms with Gasteiger partial charge in [-0.15, -0.1) is 0 Å². The number of alkyl halides is 1. The van der Waals surface area contributed by atoms with E-state index in [0.29, 0.717) is 17.2 Å². The fraction of sp³-hybridized carbons (Fsp3) is 0.300. The topological polar surface area (TPSA) is 33.0 Å². The minimum absolute atomic E-state index is 0.208. The summed E-state index contributed by atoms with van der Waals surface area (Å²) in [6.45, 7) is 0. The monoisotopic (exact) mass is 227 g/mol. The van der Waals surface area contributed by atoms with Gasteiger partial charge in [0.1, 0.15) is 11.7 Å². The zero-order chi connectivity index (χ0) is 10.2. The second-order valence-corrected chi connectivity index (χ2v) is 4.30. The van der Waals surface area contributed by atoms with Crippen LogP contribution in [0, 0.1) is 17.2 Å². The Bertz CT molecular complexity index is 384. The van der Waals surface area contributed by atoms with Crippen LogP contribution in [-0.2, 0) is 0 Å². The normalized spacial score (nSPS) is 29.4. The van der Waals surface area contributed by atoms with Gasteiger partial charge in [0.05, 0.1) is 6.07 Å². The summed E-state index contributed by atoms with van der Waals surface area (Å²) in [4.78, 5) is 0. The highest BCUT2D eigenvalue weighted by Crippen LogP contribution is 2.50. The first-order valence-corrected chi connectivity index (χ1v) is 4.93. The molecule has 0 heterocycles. The van der Waals surface area contributed by atoms with E-state index in [2.05, 4.69) is 6.07 Å². The van der Waals surface area contributed by atoms with Gasteiger partial charge in [-0.3, -0.25) is 0 Å². The highest BCUT2D eigenvalue weighted by Gasteiger charge is 2.56. The molecule has 1 saturated carbocycles. The summed E-state index contributed by atoms with van der Waals surface area (Å²) >= 11 is 11.7. The molecular weight excluding hydrogens is 221 g/mol. The number of halogens is 2. The van der Waals surface area contributed by atoms with Crippen molar-refractivity contribution in [1.82, 2.24) is 0 Å². The maximum Gasteiger partial charge on any atom is 0.199 e. The quantitative estimate of drug-likeness (QED) is 0.728. The highest BCUT2D eigenvalue weighted by atomic mass is 35.5. The Morgan fingerprint density at radius 3 is 2.57 bits per heavy atom. The second kappa shape index (κ2) is 3.34. The number of benzene rings is 1. The molecular formula is C10H7Cl2NO. The fourth-order valence-corrected chi connectivity index (χ4v) is 1.59. The van der Waals surface area contributed by atoms with Gasteiger partial charge < -0.3 is 4.74 Å². The van der Waals surface area contributed by atoms with E-state index < -0.39 is 5.06 Å². The van der Waals surface area contributed by atoms with Crippen molar-refractivity contribution in [3.63, 3.8) is 0 Å². The maximum atomic E-state index is 8.63. The van der Waals surface area contributed by atoms with Crippen LogP contribution >= 0.6 is 23.2 Å². The summed E-state index contributed by atoms with van der Waals surface area (Å²) in [6, 6.07) is 9.00. The molecule has 0 aliphatic heterocycles. The standard InChI is InChI=1S/C10H7Cl2NO/c11-8-1-3-9(4-2-8)14-10(12)5-7(10)6-13/h1-4,7H,5H2. The zero-order valence-electron chi connectivity index (χ0n) is 7.21. The summed E-state index contributed by atoms with van der Waals surface area (Å²) < 4.78 is 5.46. The number of rotatable bonds is 2. The van der Waals surface area contributed by atoms with Crippen molar-refractivity contribution < 1.29 is 4.74 Å². The largest absolute Gasteiger partial charge is 0.470 e. The van der Waals surface area contributed by atoms with Crippen molar-refractivity contribution in [3.8, 4) is 11.8 Å². The molecule has 1 aliphatic rings. The lowest BCUT2D eigenvalue weighted by atomic mass is 10.3. The summed E-state index contributed by atoms with van der Waals surface area (Å²) in [7, 11) is 0. The Labute approximate surface area is 92.0 Å². The molecule has 1 fully saturated rings. The van der Waals surface area contributed by atoms with Gasteiger partial charge in [0.25, 0.3) is 0 Å². The molecule has 0 bridgehead atoms. The van der Waals surface area contributed by atoms with Crippen molar-refractivity contribution in [3.05, 3.63) is 29.3 Å². The number of nitrogens with zero attached hydrogens (tertiary/aromatic N) is 1. The summed E-state index contributed by atoms with van der Waals surface area (Å²) in [5.74, 6) is 0.432. The van der Waals surface area contributed by atoms with Crippen molar-refractivity contribution in [2.45, 2.75) is 11.5 Å². The summed E-state index contributed by atoms with van der Waals surface area (Å²) in [5.41, 5.74) is 0. The van der Waals surface area contributed by atoms with E-state index in [-0.39, 0.29) is 5.92 Å². The number of ether oxygens (including phenoxy) is 1. The first-order valence-electron chi connectivity index (χ1n) is 4.17. The molecule has 72 valence electrons. The molecule has 0 spiro atoms. The zero-order valence-corrected chi connectivity index (χ0v) is 8.72. The Balaban J connectivity index is 2.06. The average molecular weight is 228 g/mol. The Morgan fingerprint density at radius 1 is 1.43 bits per heavy atom. The van der Waals surface area contributed by atoms with E-state index in [1.165, 1.54) is 0 Å². The first kappa shape index (κ1) is 9.64. The van der Waals surface area contributed by atoms with Crippen LogP contribution in [-0.4, -0.2) is 5.06 Å². The lowest BCUT2D eigenvalue weighted by Crippen LogP contribution is -2.12. The van der Waals surface area contributed by atoms with Crippen LogP contribution in [0.2, 0.25) is 5.02 Å². The van der Waals surface area contributed by atoms with Crippen LogP contribution in [0.15, 0.2) is 24.3 Å². The minimum atomic E-state index is -0.817. The molecule has 0 saturated heterocycles. The molecule has 1 aliphatic carbocycles. The third-order valence-electron chi connectivity index (χ3n) is 2.10. The third kappa shape index (κ3) is 1.79. The molecule has 0 radical (unpaired) electrons. The second-order valence-electron chi connectivity index (χ2n) is 3.23. The van der Waals surface area contributed by atoms with E-state index in [0.717, 1.165) is 0 Å². The molecule has 2 nitrogen and oxygen atoms in total. The van der Waals surface area contributed by atoms with Gasteiger partial charge in [-0.1, -0.05) is 23.2 Å². The minimum Gasteiger partial charge on any atom is -0.470 e. The van der Waals surface area contributed by atoms with Gasteiger partial charge in [-0.05, 0) is 24.3 Å². The van der Waals surface area contributed by atoms with Gasteiger partial charge >= 0.3 is 0 Å². The molecule has 0 amide bonds. The predicted molar refractivity (Wildman–Crippen MR) is 54.4 cm³/mol. The van der Waals surface area contributed by atoms with E-state index in [4.69, 9.17) is 33.2 Å². The average Bonchev–Trinajstić information content (AvgIpc) is 2.81. The van der Waals surface area contributed by atoms with Gasteiger partial charge in [0.15, 0.2) is 5.06 Å². The molecule has 0 aromatic heterocycles. The first-order chi connectivity index (χ1) is 6.64. The predicted octanol–water partition coefficient (Wildman–Crippen LogP) is 3.20. The Morgan fingerprint density at radius 2 is 2.07 bits per heavy atom. The summed E-state index contributed by atoms with van der Waals surface area (Å²) in [6.07, 6.45) is 0.577. The SMILES string of the molecule is N#CC1CC1(Cl)Oc1ccc(Cl)cc1. The molecule has 2 rings (SSSR count). The Kier molecular flexibility index (Phi) is 2.30. The van der Waals surface area contributed by atoms with Crippen LogP contribution in [0.25, 0.3) is 0 Å². The van der Waals surface area contributed by atoms with E-state index in [9.17, 15) is 0 Å². The van der Waals surface area contributed by atoms with Crippen molar-refractivity contribution in [2.24, 2.45) is 5.92 Å². The lowest BCUT2D eigenvalue weighted by molar-refractivity contribution is 0.254. The van der Waals surface area contributed by atoms with E-state index in [1.54, 1.807) is 24.3 Å². The number of hydrogen-bond acceptors (Lipinski definition) is 2. The molecule has 2 atom stereocenters. The maximum absolute atomic E-state index is 8.63. The van der Waals surface area contributed by atoms with Crippen LogP contribution in [0.3, 0.4) is 0 Å². The number of hydrogen-bond donors (Lipinski definition) is 0. The smallest absolute Gasteiger partial charge is 0.199 e. The van der Waals surface area contributed by atoms with E-state index in [1.807, 2.05) is 0 Å². The molecule has 1 aromatic rings. The molecule has 0 N–H and O–H groups in total. The molecule has 4 heteroatoms. The van der Waals surface area contributed by atoms with Gasteiger partial charge in [0, 0.05) is 11.4 Å². The number of nitriles is 1. The van der Waals surface area contributed by atoms with Crippen LogP contribution in [0.5, 0.6) is 5.75 Å².